The van der Waals surface area contributed by atoms with E-state index in [-0.39, 0.29) is 35.1 Å². The summed E-state index contributed by atoms with van der Waals surface area (Å²) in [6.45, 7) is 6.38. The van der Waals surface area contributed by atoms with Crippen molar-refractivity contribution in [3.05, 3.63) is 40.5 Å². The maximum atomic E-state index is 12.9. The zero-order valence-corrected chi connectivity index (χ0v) is 19.9. The van der Waals surface area contributed by atoms with Gasteiger partial charge in [0.05, 0.1) is 16.9 Å². The molecule has 2 aromatic rings. The van der Waals surface area contributed by atoms with Crippen LogP contribution in [0.3, 0.4) is 0 Å². The molecule has 3 atom stereocenters. The number of nitrogens with zero attached hydrogens (tertiary/aromatic N) is 2. The molecule has 1 aliphatic heterocycles. The summed E-state index contributed by atoms with van der Waals surface area (Å²) in [6.07, 6.45) is 4.16. The van der Waals surface area contributed by atoms with Crippen LogP contribution in [0.5, 0.6) is 0 Å². The van der Waals surface area contributed by atoms with Crippen LogP contribution >= 0.6 is 11.6 Å². The van der Waals surface area contributed by atoms with Gasteiger partial charge in [0.25, 0.3) is 5.91 Å². The van der Waals surface area contributed by atoms with E-state index in [0.29, 0.717) is 29.2 Å². The highest BCUT2D eigenvalue weighted by Gasteiger charge is 2.32. The van der Waals surface area contributed by atoms with E-state index >= 15 is 0 Å². The first-order valence-corrected chi connectivity index (χ1v) is 11.7. The first-order chi connectivity index (χ1) is 15.6. The van der Waals surface area contributed by atoms with Crippen molar-refractivity contribution in [1.29, 1.82) is 0 Å². The number of fused-ring (bicyclic) bond motifs is 1. The van der Waals surface area contributed by atoms with Gasteiger partial charge in [-0.25, -0.2) is 9.97 Å². The molecule has 2 amide bonds. The van der Waals surface area contributed by atoms with Crippen LogP contribution in [0.2, 0.25) is 5.02 Å². The van der Waals surface area contributed by atoms with E-state index in [2.05, 4.69) is 39.8 Å². The van der Waals surface area contributed by atoms with Crippen molar-refractivity contribution in [1.82, 2.24) is 20.6 Å². The van der Waals surface area contributed by atoms with Crippen molar-refractivity contribution >= 4 is 29.4 Å². The molecule has 1 aromatic heterocycles. The fourth-order valence-electron chi connectivity index (χ4n) is 4.70. The second-order valence-electron chi connectivity index (χ2n) is 9.61. The molecule has 0 saturated heterocycles. The Morgan fingerprint density at radius 1 is 1.33 bits per heavy atom. The average molecular weight is 472 g/mol. The van der Waals surface area contributed by atoms with Crippen LogP contribution < -0.4 is 16.0 Å². The third-order valence-corrected chi connectivity index (χ3v) is 6.74. The number of aromatic nitrogens is 2. The lowest BCUT2D eigenvalue weighted by molar-refractivity contribution is -0.121. The Labute approximate surface area is 198 Å². The van der Waals surface area contributed by atoms with Crippen LogP contribution in [0.4, 0.5) is 5.95 Å². The summed E-state index contributed by atoms with van der Waals surface area (Å²) in [6, 6.07) is 5.65. The zero-order chi connectivity index (χ0) is 23.8. The molecule has 176 valence electrons. The highest BCUT2D eigenvalue weighted by Crippen LogP contribution is 2.35. The molecule has 1 unspecified atom stereocenters. The number of amides is 2. The Hall–Kier alpha value is -2.55. The Morgan fingerprint density at radius 2 is 2.12 bits per heavy atom. The molecule has 0 bridgehead atoms. The van der Waals surface area contributed by atoms with Crippen LogP contribution in [0.15, 0.2) is 24.4 Å². The Morgan fingerprint density at radius 3 is 2.88 bits per heavy atom. The number of anilines is 1. The third-order valence-electron chi connectivity index (χ3n) is 6.46. The summed E-state index contributed by atoms with van der Waals surface area (Å²) in [5.74, 6) is -0.211. The first-order valence-electron chi connectivity index (χ1n) is 11.3. The van der Waals surface area contributed by atoms with Gasteiger partial charge in [-0.3, -0.25) is 20.2 Å². The lowest BCUT2D eigenvalue weighted by Gasteiger charge is -2.32. The normalized spacial score (nSPS) is 22.8. The molecule has 0 spiro atoms. The predicted octanol–water partition coefficient (Wildman–Crippen LogP) is 3.24. The second kappa shape index (κ2) is 9.37. The molecule has 8 nitrogen and oxygen atoms in total. The van der Waals surface area contributed by atoms with E-state index in [4.69, 9.17) is 11.6 Å². The van der Waals surface area contributed by atoms with Gasteiger partial charge in [0.15, 0.2) is 0 Å². The van der Waals surface area contributed by atoms with E-state index in [9.17, 15) is 14.7 Å². The van der Waals surface area contributed by atoms with E-state index in [1.165, 1.54) is 6.20 Å². The molecule has 0 radical (unpaired) electrons. The number of hydrogen-bond acceptors (Lipinski definition) is 6. The zero-order valence-electron chi connectivity index (χ0n) is 19.1. The molecule has 1 aromatic carbocycles. The standard InChI is InChI=1S/C24H30ClN5O3/c1-13(31)28-16-6-4-5-15(9-16)21(32)30-23-26-11-19(25)20(29-23)14-7-8-17-18(10-14)24(2,3)12-27-22(17)33/h7-8,10-11,13,15-16,28,31H,4-6,9,12H2,1-3H3,(H,27,33)(H,26,29,30,32)/t13?,15-,16+/m0/s1. The average Bonchev–Trinajstić information content (AvgIpc) is 2.77. The quantitative estimate of drug-likeness (QED) is 0.497. The minimum atomic E-state index is -0.605. The molecule has 2 heterocycles. The van der Waals surface area contributed by atoms with E-state index in [0.717, 1.165) is 30.4 Å². The monoisotopic (exact) mass is 471 g/mol. The highest BCUT2D eigenvalue weighted by molar-refractivity contribution is 6.33. The van der Waals surface area contributed by atoms with Crippen molar-refractivity contribution in [2.75, 3.05) is 11.9 Å². The summed E-state index contributed by atoms with van der Waals surface area (Å²) >= 11 is 6.42. The van der Waals surface area contributed by atoms with Crippen LogP contribution in [-0.2, 0) is 10.2 Å². The summed E-state index contributed by atoms with van der Waals surface area (Å²) < 4.78 is 0. The number of nitrogens with one attached hydrogen (secondary N) is 3. The molecule has 1 aliphatic carbocycles. The van der Waals surface area contributed by atoms with Gasteiger partial charge in [0, 0.05) is 35.0 Å². The van der Waals surface area contributed by atoms with Gasteiger partial charge in [-0.1, -0.05) is 37.9 Å². The molecule has 4 N–H and O–H groups in total. The van der Waals surface area contributed by atoms with Crippen molar-refractivity contribution in [2.24, 2.45) is 5.92 Å². The molecule has 1 fully saturated rings. The SMILES string of the molecule is CC(O)N[C@@H]1CCC[C@H](C(=O)Nc2ncc(Cl)c(-c3ccc4c(c3)C(C)(C)CNC4=O)n2)C1. The molecule has 9 heteroatoms. The van der Waals surface area contributed by atoms with Crippen molar-refractivity contribution in [3.63, 3.8) is 0 Å². The molecule has 1 saturated carbocycles. The van der Waals surface area contributed by atoms with Crippen molar-refractivity contribution in [3.8, 4) is 11.3 Å². The van der Waals surface area contributed by atoms with Crippen molar-refractivity contribution < 1.29 is 14.7 Å². The highest BCUT2D eigenvalue weighted by atomic mass is 35.5. The van der Waals surface area contributed by atoms with Crippen molar-refractivity contribution in [2.45, 2.75) is 64.1 Å². The maximum Gasteiger partial charge on any atom is 0.251 e. The summed E-state index contributed by atoms with van der Waals surface area (Å²) in [5.41, 5.74) is 2.62. The Bertz CT molecular complexity index is 1070. The number of hydrogen-bond donors (Lipinski definition) is 4. The predicted molar refractivity (Wildman–Crippen MR) is 127 cm³/mol. The molecule has 33 heavy (non-hydrogen) atoms. The molecular formula is C24H30ClN5O3. The van der Waals surface area contributed by atoms with Gasteiger partial charge in [0.2, 0.25) is 11.9 Å². The summed E-state index contributed by atoms with van der Waals surface area (Å²) in [4.78, 5) is 33.9. The Kier molecular flexibility index (Phi) is 6.70. The summed E-state index contributed by atoms with van der Waals surface area (Å²) in [7, 11) is 0. The Balaban J connectivity index is 1.55. The molecule has 2 aliphatic rings. The maximum absolute atomic E-state index is 12.9. The molecule has 4 rings (SSSR count). The lowest BCUT2D eigenvalue weighted by Crippen LogP contribution is -2.43. The minimum Gasteiger partial charge on any atom is -0.379 e. The number of halogens is 1. The number of benzene rings is 1. The van der Waals surface area contributed by atoms with E-state index in [1.54, 1.807) is 13.0 Å². The topological polar surface area (TPSA) is 116 Å². The second-order valence-corrected chi connectivity index (χ2v) is 10.0. The number of aliphatic hydroxyl groups excluding tert-OH is 1. The van der Waals surface area contributed by atoms with Gasteiger partial charge in [-0.15, -0.1) is 0 Å². The van der Waals surface area contributed by atoms with E-state index in [1.807, 2.05) is 12.1 Å². The van der Waals surface area contributed by atoms with Gasteiger partial charge in [0.1, 0.15) is 6.23 Å². The van der Waals surface area contributed by atoms with Gasteiger partial charge < -0.3 is 10.4 Å². The first kappa shape index (κ1) is 23.6. The van der Waals surface area contributed by atoms with Gasteiger partial charge >= 0.3 is 0 Å². The number of carbonyl (C=O) groups is 2. The van der Waals surface area contributed by atoms with Crippen LogP contribution in [0.25, 0.3) is 11.3 Å². The van der Waals surface area contributed by atoms with Crippen LogP contribution in [-0.4, -0.2) is 45.7 Å². The smallest absolute Gasteiger partial charge is 0.251 e. The van der Waals surface area contributed by atoms with E-state index < -0.39 is 6.23 Å². The van der Waals surface area contributed by atoms with Gasteiger partial charge in [-0.2, -0.15) is 0 Å². The fourth-order valence-corrected chi connectivity index (χ4v) is 4.90. The largest absolute Gasteiger partial charge is 0.379 e. The lowest BCUT2D eigenvalue weighted by atomic mass is 9.78. The van der Waals surface area contributed by atoms with Crippen LogP contribution in [0, 0.1) is 5.92 Å². The van der Waals surface area contributed by atoms with Crippen LogP contribution in [0.1, 0.15) is 62.4 Å². The third kappa shape index (κ3) is 5.18. The minimum absolute atomic E-state index is 0.0894. The molecular weight excluding hydrogens is 442 g/mol. The summed E-state index contributed by atoms with van der Waals surface area (Å²) in [5, 5.41) is 18.8. The van der Waals surface area contributed by atoms with Gasteiger partial charge in [-0.05, 0) is 43.9 Å². The number of aliphatic hydroxyl groups is 1. The number of rotatable bonds is 5. The fraction of sp³-hybridized carbons (Fsp3) is 0.500. The number of carbonyl (C=O) groups excluding carboxylic acids is 2.